The Morgan fingerprint density at radius 1 is 1.06 bits per heavy atom. The summed E-state index contributed by atoms with van der Waals surface area (Å²) in [5.74, 6) is -1.33. The molecular weight excluding hydrogens is 771 g/mol. The molecule has 3 aliphatic rings. The topological polar surface area (TPSA) is 111 Å². The van der Waals surface area contributed by atoms with Gasteiger partial charge in [-0.05, 0) is 73.7 Å². The number of imide groups is 1. The van der Waals surface area contributed by atoms with Crippen LogP contribution in [-0.2, 0) is 32.3 Å². The summed E-state index contributed by atoms with van der Waals surface area (Å²) in [5, 5.41) is 3.50. The fraction of sp³-hybridized carbons (Fsp3) is 0.324. The molecule has 0 atom stereocenters. The number of ether oxygens (including phenoxy) is 2. The first kappa shape index (κ1) is 37.5. The molecule has 0 saturated heterocycles. The number of hydrogen-bond acceptors (Lipinski definition) is 7. The van der Waals surface area contributed by atoms with E-state index in [0.29, 0.717) is 28.7 Å². The average Bonchev–Trinajstić information content (AvgIpc) is 3.49. The highest BCUT2D eigenvalue weighted by Crippen LogP contribution is 2.43. The number of aryl methyl sites for hydroxylation is 1. The number of alkyl halides is 3. The summed E-state index contributed by atoms with van der Waals surface area (Å²) in [7, 11) is 1.08. The predicted molar refractivity (Wildman–Crippen MR) is 178 cm³/mol. The van der Waals surface area contributed by atoms with Crippen molar-refractivity contribution in [3.05, 3.63) is 67.8 Å². The van der Waals surface area contributed by atoms with Crippen LogP contribution in [0.5, 0.6) is 5.75 Å². The Hall–Kier alpha value is -4.75. The number of anilines is 2. The lowest BCUT2D eigenvalue weighted by Gasteiger charge is -2.29. The Morgan fingerprint density at radius 3 is 2.24 bits per heavy atom. The molecule has 3 amide bonds. The number of fused-ring (bicyclic) bond motifs is 1. The van der Waals surface area contributed by atoms with Crippen LogP contribution < -0.4 is 14.5 Å². The summed E-state index contributed by atoms with van der Waals surface area (Å²) in [6, 6.07) is 4.23. The van der Waals surface area contributed by atoms with Gasteiger partial charge in [0.2, 0.25) is 0 Å². The predicted octanol–water partition coefficient (Wildman–Crippen LogP) is 7.15. The van der Waals surface area contributed by atoms with Gasteiger partial charge in [-0.15, -0.1) is 6.42 Å². The quantitative estimate of drug-likeness (QED) is 0.117. The maximum Gasteiger partial charge on any atom is 0.434 e. The zero-order chi connectivity index (χ0) is 37.5. The van der Waals surface area contributed by atoms with Gasteiger partial charge < -0.3 is 9.47 Å². The SMILES string of the molecule is C#CCN1C(=O)COc2cc(F)c(N3C(=O)C4=C(CCCC4)C3=O)cc21.CC(C)OC(=O)c1cc(-c2nn(C)c(C(F)(F)F)c2Br)c(F)cc1Cl. The van der Waals surface area contributed by atoms with E-state index in [2.05, 4.69) is 26.9 Å². The number of halogens is 7. The normalized spacial score (nSPS) is 15.7. The standard InChI is InChI=1S/C19H15FN2O4.C15H12BrClF4N2O2/c1-2-7-21-15-9-14(13(20)8-16(15)26-10-17(21)23)22-18(24)11-5-3-4-6-12(11)19(22)25;1-6(2)25-14(24)7-4-8(10(18)5-9(7)17)12-11(16)13(15(19,20)21)23(3)22-12/h1,8-9H,3-7,10H2;4-6H,1-3H3. The van der Waals surface area contributed by atoms with Gasteiger partial charge >= 0.3 is 12.1 Å². The van der Waals surface area contributed by atoms with E-state index >= 15 is 0 Å². The second-order valence-corrected chi connectivity index (χ2v) is 13.0. The third kappa shape index (κ3) is 7.22. The molecule has 3 heterocycles. The van der Waals surface area contributed by atoms with Crippen molar-refractivity contribution in [2.24, 2.45) is 7.05 Å². The summed E-state index contributed by atoms with van der Waals surface area (Å²) >= 11 is 8.67. The van der Waals surface area contributed by atoms with Gasteiger partial charge in [-0.25, -0.2) is 18.5 Å². The van der Waals surface area contributed by atoms with Crippen molar-refractivity contribution in [3.8, 4) is 29.4 Å². The van der Waals surface area contributed by atoms with Gasteiger partial charge in [-0.3, -0.25) is 24.0 Å². The molecule has 3 aromatic rings. The van der Waals surface area contributed by atoms with Crippen molar-refractivity contribution in [3.63, 3.8) is 0 Å². The minimum atomic E-state index is -4.69. The fourth-order valence-electron chi connectivity index (χ4n) is 5.75. The number of carbonyl (C=O) groups excluding carboxylic acids is 4. The van der Waals surface area contributed by atoms with Crippen LogP contribution in [0.15, 0.2) is 39.9 Å². The number of nitrogens with zero attached hydrogens (tertiary/aromatic N) is 4. The molecule has 0 fully saturated rings. The summed E-state index contributed by atoms with van der Waals surface area (Å²) < 4.78 is 78.6. The molecule has 0 saturated carbocycles. The van der Waals surface area contributed by atoms with Gasteiger partial charge in [0.15, 0.2) is 18.1 Å². The van der Waals surface area contributed by atoms with E-state index in [4.69, 9.17) is 27.5 Å². The van der Waals surface area contributed by atoms with Gasteiger partial charge in [0.25, 0.3) is 17.7 Å². The zero-order valence-electron chi connectivity index (χ0n) is 27.1. The number of carbonyl (C=O) groups is 4. The van der Waals surface area contributed by atoms with Gasteiger partial charge in [-0.1, -0.05) is 17.5 Å². The van der Waals surface area contributed by atoms with Crippen LogP contribution in [0, 0.1) is 24.0 Å². The van der Waals surface area contributed by atoms with E-state index < -0.39 is 51.9 Å². The number of rotatable bonds is 5. The first-order valence-electron chi connectivity index (χ1n) is 15.3. The van der Waals surface area contributed by atoms with Crippen LogP contribution in [0.2, 0.25) is 5.02 Å². The van der Waals surface area contributed by atoms with E-state index in [1.54, 1.807) is 13.8 Å². The van der Waals surface area contributed by atoms with Gasteiger partial charge in [-0.2, -0.15) is 18.3 Å². The second-order valence-electron chi connectivity index (χ2n) is 11.8. The van der Waals surface area contributed by atoms with Crippen LogP contribution in [0.3, 0.4) is 0 Å². The van der Waals surface area contributed by atoms with Crippen LogP contribution in [-0.4, -0.2) is 52.7 Å². The van der Waals surface area contributed by atoms with Crippen molar-refractivity contribution >= 4 is 62.6 Å². The Labute approximate surface area is 301 Å². The van der Waals surface area contributed by atoms with E-state index in [1.165, 1.54) is 11.0 Å². The minimum absolute atomic E-state index is 0.0170. The van der Waals surface area contributed by atoms with E-state index in [0.717, 1.165) is 43.0 Å². The molecule has 0 N–H and O–H groups in total. The Morgan fingerprint density at radius 2 is 1.69 bits per heavy atom. The van der Waals surface area contributed by atoms with Crippen LogP contribution >= 0.6 is 27.5 Å². The van der Waals surface area contributed by atoms with Crippen molar-refractivity contribution in [1.29, 1.82) is 0 Å². The van der Waals surface area contributed by atoms with Crippen molar-refractivity contribution in [2.45, 2.75) is 51.8 Å². The molecule has 17 heteroatoms. The molecule has 10 nitrogen and oxygen atoms in total. The van der Waals surface area contributed by atoms with Crippen molar-refractivity contribution in [2.75, 3.05) is 23.0 Å². The Bertz CT molecular complexity index is 2030. The highest BCUT2D eigenvalue weighted by molar-refractivity contribution is 9.10. The molecule has 51 heavy (non-hydrogen) atoms. The highest BCUT2D eigenvalue weighted by atomic mass is 79.9. The zero-order valence-corrected chi connectivity index (χ0v) is 29.4. The molecule has 0 spiro atoms. The van der Waals surface area contributed by atoms with Crippen molar-refractivity contribution < 1.29 is 50.6 Å². The highest BCUT2D eigenvalue weighted by Gasteiger charge is 2.42. The van der Waals surface area contributed by atoms with Crippen molar-refractivity contribution in [1.82, 2.24) is 9.78 Å². The van der Waals surface area contributed by atoms with Crippen LogP contribution in [0.25, 0.3) is 11.3 Å². The van der Waals surface area contributed by atoms with Crippen LogP contribution in [0.1, 0.15) is 55.6 Å². The summed E-state index contributed by atoms with van der Waals surface area (Å²) in [4.78, 5) is 51.6. The molecule has 268 valence electrons. The van der Waals surface area contributed by atoms with E-state index in [9.17, 15) is 41.1 Å². The number of terminal acetylenes is 1. The van der Waals surface area contributed by atoms with E-state index in [1.807, 2.05) is 0 Å². The first-order chi connectivity index (χ1) is 24.0. The maximum absolute atomic E-state index is 14.7. The molecule has 0 radical (unpaired) electrons. The Balaban J connectivity index is 0.000000198. The minimum Gasteiger partial charge on any atom is -0.481 e. The average molecular weight is 798 g/mol. The lowest BCUT2D eigenvalue weighted by molar-refractivity contribution is -0.144. The monoisotopic (exact) mass is 796 g/mol. The van der Waals surface area contributed by atoms with Crippen LogP contribution in [0.4, 0.5) is 33.3 Å². The largest absolute Gasteiger partial charge is 0.481 e. The fourth-order valence-corrected chi connectivity index (χ4v) is 6.75. The summed E-state index contributed by atoms with van der Waals surface area (Å²) in [6.45, 7) is 2.96. The molecule has 6 rings (SSSR count). The first-order valence-corrected chi connectivity index (χ1v) is 16.4. The Kier molecular flexibility index (Phi) is 10.6. The molecule has 1 aliphatic carbocycles. The lowest BCUT2D eigenvalue weighted by Crippen LogP contribution is -2.39. The molecular formula is C34H27BrClF5N4O6. The smallest absolute Gasteiger partial charge is 0.434 e. The molecule has 0 unspecified atom stereocenters. The third-order valence-electron chi connectivity index (χ3n) is 7.98. The van der Waals surface area contributed by atoms with Gasteiger partial charge in [0, 0.05) is 29.8 Å². The number of benzene rings is 2. The van der Waals surface area contributed by atoms with Gasteiger partial charge in [0.05, 0.1) is 39.1 Å². The molecule has 2 aromatic carbocycles. The molecule has 2 aliphatic heterocycles. The number of hydrogen-bond donors (Lipinski definition) is 0. The molecule has 0 bridgehead atoms. The number of amides is 3. The number of aromatic nitrogens is 2. The third-order valence-corrected chi connectivity index (χ3v) is 9.05. The number of esters is 1. The lowest BCUT2D eigenvalue weighted by atomic mass is 9.93. The summed E-state index contributed by atoms with van der Waals surface area (Å²) in [6.07, 6.45) is 2.87. The maximum atomic E-state index is 14.7. The van der Waals surface area contributed by atoms with E-state index in [-0.39, 0.29) is 58.0 Å². The second kappa shape index (κ2) is 14.5. The molecule has 1 aromatic heterocycles. The van der Waals surface area contributed by atoms with Gasteiger partial charge in [0.1, 0.15) is 17.3 Å². The summed E-state index contributed by atoms with van der Waals surface area (Å²) in [5.41, 5.74) is -0.867.